The number of fused-ring (bicyclic) bond motifs is 1. The summed E-state index contributed by atoms with van der Waals surface area (Å²) in [6.07, 6.45) is 0. The summed E-state index contributed by atoms with van der Waals surface area (Å²) >= 11 is 12.7. The second-order valence-electron chi connectivity index (χ2n) is 3.32. The van der Waals surface area contributed by atoms with Gasteiger partial charge >= 0.3 is 0 Å². The fourth-order valence-corrected chi connectivity index (χ4v) is 3.37. The highest BCUT2D eigenvalue weighted by atomic mass is 35.5. The zero-order chi connectivity index (χ0) is 13.3. The first-order valence-corrected chi connectivity index (χ1v) is 7.80. The Morgan fingerprint density at radius 2 is 1.94 bits per heavy atom. The van der Waals surface area contributed by atoms with E-state index in [2.05, 4.69) is 13.4 Å². The molecule has 2 N–H and O–H groups in total. The second kappa shape index (κ2) is 5.14. The molecular weight excluding hydrogens is 321 g/mol. The van der Waals surface area contributed by atoms with Crippen molar-refractivity contribution < 1.29 is 13.5 Å². The van der Waals surface area contributed by atoms with E-state index in [4.69, 9.17) is 28.3 Å². The van der Waals surface area contributed by atoms with Crippen molar-refractivity contribution in [3.05, 3.63) is 16.1 Å². The minimum atomic E-state index is -3.68. The molecule has 0 saturated carbocycles. The summed E-state index contributed by atoms with van der Waals surface area (Å²) in [6.45, 7) is -0.487. The Kier molecular flexibility index (Phi) is 3.93. The zero-order valence-electron chi connectivity index (χ0n) is 8.72. The van der Waals surface area contributed by atoms with Crippen LogP contribution in [0.4, 0.5) is 17.1 Å². The van der Waals surface area contributed by atoms with Gasteiger partial charge in [-0.1, -0.05) is 23.2 Å². The van der Waals surface area contributed by atoms with E-state index < -0.39 is 22.4 Å². The monoisotopic (exact) mass is 327 g/mol. The fourth-order valence-electron chi connectivity index (χ4n) is 1.30. The number of halogens is 2. The number of hydrogen-bond acceptors (Lipinski definition) is 5. The molecule has 0 bridgehead atoms. The van der Waals surface area contributed by atoms with Gasteiger partial charge in [0.05, 0.1) is 39.4 Å². The predicted octanol–water partition coefficient (Wildman–Crippen LogP) is 2.45. The Bertz CT molecular complexity index is 669. The number of benzene rings is 1. The molecule has 1 heterocycles. The number of rotatable bonds is 4. The molecule has 6 nitrogen and oxygen atoms in total. The van der Waals surface area contributed by atoms with Crippen molar-refractivity contribution in [3.8, 4) is 0 Å². The Morgan fingerprint density at radius 1 is 1.28 bits per heavy atom. The lowest BCUT2D eigenvalue weighted by molar-refractivity contribution is 0.320. The molecule has 0 amide bonds. The molecule has 1 aliphatic heterocycles. The molecule has 0 spiro atoms. The van der Waals surface area contributed by atoms with Gasteiger partial charge in [0.2, 0.25) is 10.0 Å². The molecule has 18 heavy (non-hydrogen) atoms. The van der Waals surface area contributed by atoms with Gasteiger partial charge in [-0.15, -0.1) is 0 Å². The molecule has 1 aromatic carbocycles. The van der Waals surface area contributed by atoms with E-state index in [-0.39, 0.29) is 10.7 Å². The molecular formula is C8H7Cl2N3O3S2. The second-order valence-corrected chi connectivity index (χ2v) is 6.51. The first kappa shape index (κ1) is 13.8. The van der Waals surface area contributed by atoms with Crippen LogP contribution in [0.15, 0.2) is 14.8 Å². The van der Waals surface area contributed by atoms with Gasteiger partial charge < -0.3 is 5.11 Å². The summed E-state index contributed by atoms with van der Waals surface area (Å²) in [5.74, 6) is -0.426. The molecule has 0 atom stereocenters. The van der Waals surface area contributed by atoms with E-state index in [0.29, 0.717) is 16.4 Å². The number of anilines is 1. The highest BCUT2D eigenvalue weighted by Gasteiger charge is 2.22. The molecule has 0 saturated heterocycles. The molecule has 0 aromatic heterocycles. The van der Waals surface area contributed by atoms with Crippen molar-refractivity contribution in [2.75, 3.05) is 17.1 Å². The molecule has 0 fully saturated rings. The zero-order valence-corrected chi connectivity index (χ0v) is 11.9. The van der Waals surface area contributed by atoms with Gasteiger partial charge in [0.15, 0.2) is 0 Å². The largest absolute Gasteiger partial charge is 0.395 e. The van der Waals surface area contributed by atoms with Gasteiger partial charge in [0, 0.05) is 0 Å². The topological polar surface area (TPSA) is 91.1 Å². The van der Waals surface area contributed by atoms with E-state index in [1.54, 1.807) is 0 Å². The maximum Gasteiger partial charge on any atom is 0.235 e. The molecule has 2 rings (SSSR count). The smallest absolute Gasteiger partial charge is 0.235 e. The first-order chi connectivity index (χ1) is 8.44. The van der Waals surface area contributed by atoms with Crippen LogP contribution in [0.25, 0.3) is 0 Å². The SMILES string of the molecule is O=S(=O)(CCO)Nc1c(Cl)cc(Cl)c2c1N=S=N2. The Morgan fingerprint density at radius 3 is 2.61 bits per heavy atom. The molecule has 1 aromatic rings. The van der Waals surface area contributed by atoms with Crippen LogP contribution in [0, 0.1) is 0 Å². The first-order valence-electron chi connectivity index (χ1n) is 4.66. The molecule has 98 valence electrons. The fraction of sp³-hybridized carbons (Fsp3) is 0.250. The van der Waals surface area contributed by atoms with Crippen LogP contribution in [-0.2, 0) is 21.4 Å². The average Bonchev–Trinajstić information content (AvgIpc) is 2.73. The predicted molar refractivity (Wildman–Crippen MR) is 72.5 cm³/mol. The van der Waals surface area contributed by atoms with E-state index >= 15 is 0 Å². The lowest BCUT2D eigenvalue weighted by Gasteiger charge is -2.11. The van der Waals surface area contributed by atoms with Crippen molar-refractivity contribution in [2.45, 2.75) is 0 Å². The van der Waals surface area contributed by atoms with E-state index in [1.165, 1.54) is 6.07 Å². The third kappa shape index (κ3) is 2.67. The van der Waals surface area contributed by atoms with Gasteiger partial charge in [0.1, 0.15) is 11.4 Å². The molecule has 0 radical (unpaired) electrons. The van der Waals surface area contributed by atoms with Crippen LogP contribution in [0.3, 0.4) is 0 Å². The van der Waals surface area contributed by atoms with Crippen LogP contribution < -0.4 is 4.72 Å². The van der Waals surface area contributed by atoms with Crippen LogP contribution in [-0.4, -0.2) is 25.9 Å². The highest BCUT2D eigenvalue weighted by molar-refractivity contribution is 7.92. The summed E-state index contributed by atoms with van der Waals surface area (Å²) in [6, 6.07) is 1.39. The minimum absolute atomic E-state index is 0.123. The van der Waals surface area contributed by atoms with Crippen LogP contribution in [0.1, 0.15) is 0 Å². The molecule has 1 aliphatic rings. The van der Waals surface area contributed by atoms with Crippen molar-refractivity contribution in [3.63, 3.8) is 0 Å². The van der Waals surface area contributed by atoms with Crippen molar-refractivity contribution >= 4 is 61.6 Å². The lowest BCUT2D eigenvalue weighted by Crippen LogP contribution is -2.19. The van der Waals surface area contributed by atoms with Crippen LogP contribution in [0.2, 0.25) is 10.0 Å². The van der Waals surface area contributed by atoms with Crippen molar-refractivity contribution in [1.82, 2.24) is 0 Å². The molecule has 10 heteroatoms. The summed E-state index contributed by atoms with van der Waals surface area (Å²) < 4.78 is 33.4. The average molecular weight is 328 g/mol. The summed E-state index contributed by atoms with van der Waals surface area (Å²) in [7, 11) is -3.68. The van der Waals surface area contributed by atoms with Gasteiger partial charge in [-0.05, 0) is 6.07 Å². The Labute approximate surface area is 117 Å². The Hall–Kier alpha value is -0.670. The number of hydrogen-bond donors (Lipinski definition) is 2. The molecule has 0 unspecified atom stereocenters. The lowest BCUT2D eigenvalue weighted by atomic mass is 10.2. The van der Waals surface area contributed by atoms with Gasteiger partial charge in [0.25, 0.3) is 0 Å². The normalized spacial score (nSPS) is 13.3. The number of nitrogens with one attached hydrogen (secondary N) is 1. The quantitative estimate of drug-likeness (QED) is 0.903. The van der Waals surface area contributed by atoms with Crippen molar-refractivity contribution in [2.24, 2.45) is 8.73 Å². The highest BCUT2D eigenvalue weighted by Crippen LogP contribution is 2.47. The van der Waals surface area contributed by atoms with E-state index in [9.17, 15) is 8.42 Å². The van der Waals surface area contributed by atoms with E-state index in [0.717, 1.165) is 11.4 Å². The summed E-state index contributed by atoms with van der Waals surface area (Å²) in [5, 5.41) is 9.09. The van der Waals surface area contributed by atoms with Gasteiger partial charge in [-0.2, -0.15) is 8.73 Å². The third-order valence-corrected chi connectivity index (χ3v) is 4.41. The number of sulfonamides is 1. The number of aliphatic hydroxyl groups is 1. The number of nitrogens with zero attached hydrogens (tertiary/aromatic N) is 2. The van der Waals surface area contributed by atoms with Gasteiger partial charge in [-0.25, -0.2) is 8.42 Å². The van der Waals surface area contributed by atoms with Crippen molar-refractivity contribution in [1.29, 1.82) is 0 Å². The standard InChI is InChI=1S/C8H7Cl2N3O3S2/c9-4-3-5(10)7(8-6(4)11-17-12-8)13-18(15,16)2-1-14/h3,13-14H,1-2H2. The van der Waals surface area contributed by atoms with Gasteiger partial charge in [-0.3, -0.25) is 4.72 Å². The maximum atomic E-state index is 11.6. The number of aliphatic hydroxyl groups excluding tert-OH is 1. The van der Waals surface area contributed by atoms with Crippen LogP contribution in [0.5, 0.6) is 0 Å². The summed E-state index contributed by atoms with van der Waals surface area (Å²) in [4.78, 5) is 0. The molecule has 0 aliphatic carbocycles. The van der Waals surface area contributed by atoms with Crippen LogP contribution >= 0.6 is 23.2 Å². The van der Waals surface area contributed by atoms with E-state index in [1.807, 2.05) is 0 Å². The third-order valence-electron chi connectivity index (χ3n) is 2.06. The Balaban J connectivity index is 2.48. The minimum Gasteiger partial charge on any atom is -0.395 e. The summed E-state index contributed by atoms with van der Waals surface area (Å²) in [5.41, 5.74) is 0.796. The maximum absolute atomic E-state index is 11.6.